The maximum Gasteiger partial charge on any atom is 0.272 e. The topological polar surface area (TPSA) is 70.1 Å². The van der Waals surface area contributed by atoms with Crippen LogP contribution < -0.4 is 0 Å². The van der Waals surface area contributed by atoms with E-state index in [9.17, 15) is 4.79 Å². The average molecular weight is 274 g/mol. The molecule has 0 aliphatic carbocycles. The van der Waals surface area contributed by atoms with E-state index in [-0.39, 0.29) is 5.91 Å². The molecule has 20 heavy (non-hydrogen) atoms. The Kier molecular flexibility index (Phi) is 3.06. The lowest BCUT2D eigenvalue weighted by molar-refractivity contribution is 0.0742. The molecule has 0 radical (unpaired) electrons. The molecular formula is C13H18N6O. The molecule has 0 aromatic carbocycles. The minimum atomic E-state index is -0.0190. The number of nitrogens with one attached hydrogen (secondary N) is 1. The Hall–Kier alpha value is -2.15. The van der Waals surface area contributed by atoms with Gasteiger partial charge in [0.15, 0.2) is 0 Å². The number of aryl methyl sites for hydroxylation is 1. The highest BCUT2D eigenvalue weighted by atomic mass is 16.2. The molecule has 0 spiro atoms. The van der Waals surface area contributed by atoms with Gasteiger partial charge in [0.1, 0.15) is 5.69 Å². The molecule has 0 atom stereocenters. The first-order valence-electron chi connectivity index (χ1n) is 6.53. The average Bonchev–Trinajstić information content (AvgIpc) is 3.09. The van der Waals surface area contributed by atoms with E-state index in [0.717, 1.165) is 17.9 Å². The predicted octanol–water partition coefficient (Wildman–Crippen LogP) is 0.361. The highest BCUT2D eigenvalue weighted by molar-refractivity contribution is 5.92. The fourth-order valence-corrected chi connectivity index (χ4v) is 2.59. The number of rotatable bonds is 3. The highest BCUT2D eigenvalue weighted by Crippen LogP contribution is 2.27. The van der Waals surface area contributed by atoms with E-state index in [1.165, 1.54) is 5.56 Å². The standard InChI is InChI=1S/C13H18N6O/c1-17(2)7-11-9-6-19(8-12(9)18(3)16-11)13(20)10-4-5-14-15-10/h4-5H,6-8H2,1-3H3,(H,14,15). The molecule has 1 N–H and O–H groups in total. The van der Waals surface area contributed by atoms with Crippen molar-refractivity contribution >= 4 is 5.91 Å². The smallest absolute Gasteiger partial charge is 0.272 e. The first-order valence-corrected chi connectivity index (χ1v) is 6.53. The fourth-order valence-electron chi connectivity index (χ4n) is 2.59. The van der Waals surface area contributed by atoms with E-state index in [4.69, 9.17) is 0 Å². The lowest BCUT2D eigenvalue weighted by Crippen LogP contribution is -2.27. The van der Waals surface area contributed by atoms with Crippen molar-refractivity contribution in [2.75, 3.05) is 14.1 Å². The number of amides is 1. The number of hydrogen-bond donors (Lipinski definition) is 1. The number of aromatic nitrogens is 4. The van der Waals surface area contributed by atoms with Gasteiger partial charge in [0.05, 0.1) is 24.5 Å². The van der Waals surface area contributed by atoms with Crippen LogP contribution in [0.25, 0.3) is 0 Å². The summed E-state index contributed by atoms with van der Waals surface area (Å²) in [6.45, 7) is 2.00. The largest absolute Gasteiger partial charge is 0.327 e. The Morgan fingerprint density at radius 3 is 2.90 bits per heavy atom. The minimum absolute atomic E-state index is 0.0190. The summed E-state index contributed by atoms with van der Waals surface area (Å²) in [5.41, 5.74) is 3.87. The summed E-state index contributed by atoms with van der Waals surface area (Å²) in [5.74, 6) is -0.0190. The van der Waals surface area contributed by atoms with Crippen LogP contribution >= 0.6 is 0 Å². The third-order valence-electron chi connectivity index (χ3n) is 3.53. The Morgan fingerprint density at radius 2 is 2.25 bits per heavy atom. The van der Waals surface area contributed by atoms with Crippen molar-refractivity contribution in [2.24, 2.45) is 7.05 Å². The molecule has 3 heterocycles. The van der Waals surface area contributed by atoms with E-state index in [1.807, 2.05) is 30.7 Å². The van der Waals surface area contributed by atoms with E-state index in [0.29, 0.717) is 18.8 Å². The zero-order chi connectivity index (χ0) is 14.3. The maximum atomic E-state index is 12.3. The zero-order valence-electron chi connectivity index (χ0n) is 11.9. The molecular weight excluding hydrogens is 256 g/mol. The zero-order valence-corrected chi connectivity index (χ0v) is 11.9. The van der Waals surface area contributed by atoms with Crippen LogP contribution in [-0.2, 0) is 26.7 Å². The summed E-state index contributed by atoms with van der Waals surface area (Å²) in [6.07, 6.45) is 1.59. The Bertz CT molecular complexity index is 628. The second-order valence-corrected chi connectivity index (χ2v) is 5.36. The molecule has 7 nitrogen and oxygen atoms in total. The van der Waals surface area contributed by atoms with Crippen molar-refractivity contribution < 1.29 is 4.79 Å². The van der Waals surface area contributed by atoms with Crippen LogP contribution in [0.5, 0.6) is 0 Å². The van der Waals surface area contributed by atoms with Crippen molar-refractivity contribution in [1.82, 2.24) is 29.8 Å². The van der Waals surface area contributed by atoms with Crippen molar-refractivity contribution in [1.29, 1.82) is 0 Å². The minimum Gasteiger partial charge on any atom is -0.327 e. The van der Waals surface area contributed by atoms with Crippen molar-refractivity contribution in [3.63, 3.8) is 0 Å². The molecule has 0 bridgehead atoms. The van der Waals surface area contributed by atoms with Crippen LogP contribution in [0.15, 0.2) is 12.3 Å². The molecule has 3 rings (SSSR count). The first kappa shape index (κ1) is 12.9. The molecule has 2 aromatic heterocycles. The van der Waals surface area contributed by atoms with Gasteiger partial charge >= 0.3 is 0 Å². The Morgan fingerprint density at radius 1 is 1.45 bits per heavy atom. The summed E-state index contributed by atoms with van der Waals surface area (Å²) in [4.78, 5) is 16.2. The monoisotopic (exact) mass is 274 g/mol. The van der Waals surface area contributed by atoms with Gasteiger partial charge in [-0.25, -0.2) is 0 Å². The summed E-state index contributed by atoms with van der Waals surface area (Å²) in [6, 6.07) is 1.70. The molecule has 1 aliphatic rings. The molecule has 0 saturated carbocycles. The summed E-state index contributed by atoms with van der Waals surface area (Å²) in [7, 11) is 5.97. The first-order chi connectivity index (χ1) is 9.56. The molecule has 7 heteroatoms. The van der Waals surface area contributed by atoms with Gasteiger partial charge in [-0.05, 0) is 20.2 Å². The number of carbonyl (C=O) groups is 1. The third kappa shape index (κ3) is 2.09. The molecule has 0 fully saturated rings. The van der Waals surface area contributed by atoms with E-state index < -0.39 is 0 Å². The molecule has 2 aromatic rings. The predicted molar refractivity (Wildman–Crippen MR) is 72.8 cm³/mol. The van der Waals surface area contributed by atoms with Gasteiger partial charge in [-0.1, -0.05) is 0 Å². The fraction of sp³-hybridized carbons (Fsp3) is 0.462. The number of nitrogens with zero attached hydrogens (tertiary/aromatic N) is 5. The van der Waals surface area contributed by atoms with Crippen LogP contribution in [0.3, 0.4) is 0 Å². The summed E-state index contributed by atoms with van der Waals surface area (Å²) < 4.78 is 1.88. The van der Waals surface area contributed by atoms with Crippen LogP contribution in [0, 0.1) is 0 Å². The molecule has 1 aliphatic heterocycles. The summed E-state index contributed by atoms with van der Waals surface area (Å²) in [5, 5.41) is 11.1. The van der Waals surface area contributed by atoms with Crippen LogP contribution in [0.2, 0.25) is 0 Å². The Labute approximate surface area is 117 Å². The van der Waals surface area contributed by atoms with Gasteiger partial charge in [-0.15, -0.1) is 0 Å². The van der Waals surface area contributed by atoms with Gasteiger partial charge < -0.3 is 9.80 Å². The van der Waals surface area contributed by atoms with Gasteiger partial charge in [-0.3, -0.25) is 14.6 Å². The summed E-state index contributed by atoms with van der Waals surface area (Å²) >= 11 is 0. The molecule has 0 saturated heterocycles. The number of fused-ring (bicyclic) bond motifs is 1. The number of hydrogen-bond acceptors (Lipinski definition) is 4. The van der Waals surface area contributed by atoms with Gasteiger partial charge in [-0.2, -0.15) is 10.2 Å². The van der Waals surface area contributed by atoms with Crippen LogP contribution in [0.4, 0.5) is 0 Å². The van der Waals surface area contributed by atoms with E-state index in [1.54, 1.807) is 12.3 Å². The maximum absolute atomic E-state index is 12.3. The van der Waals surface area contributed by atoms with Crippen molar-refractivity contribution in [3.05, 3.63) is 34.9 Å². The van der Waals surface area contributed by atoms with E-state index >= 15 is 0 Å². The third-order valence-corrected chi connectivity index (χ3v) is 3.53. The van der Waals surface area contributed by atoms with Crippen molar-refractivity contribution in [3.8, 4) is 0 Å². The second kappa shape index (κ2) is 4.75. The SMILES string of the molecule is CN(C)Cc1nn(C)c2c1CN(C(=O)c1ccn[nH]1)C2. The second-order valence-electron chi connectivity index (χ2n) is 5.36. The van der Waals surface area contributed by atoms with Crippen LogP contribution in [-0.4, -0.2) is 49.8 Å². The lowest BCUT2D eigenvalue weighted by atomic mass is 10.2. The van der Waals surface area contributed by atoms with E-state index in [2.05, 4.69) is 20.2 Å². The molecule has 1 amide bonds. The highest BCUT2D eigenvalue weighted by Gasteiger charge is 2.30. The normalized spacial score (nSPS) is 14.1. The van der Waals surface area contributed by atoms with Gasteiger partial charge in [0.25, 0.3) is 5.91 Å². The quantitative estimate of drug-likeness (QED) is 0.877. The van der Waals surface area contributed by atoms with Gasteiger partial charge in [0.2, 0.25) is 0 Å². The van der Waals surface area contributed by atoms with Crippen LogP contribution in [0.1, 0.15) is 27.4 Å². The lowest BCUT2D eigenvalue weighted by Gasteiger charge is -2.15. The number of aromatic amines is 1. The number of carbonyl (C=O) groups excluding carboxylic acids is 1. The van der Waals surface area contributed by atoms with Crippen molar-refractivity contribution in [2.45, 2.75) is 19.6 Å². The molecule has 106 valence electrons. The Balaban J connectivity index is 1.83. The molecule has 0 unspecified atom stereocenters. The number of H-pyrrole nitrogens is 1. The van der Waals surface area contributed by atoms with Gasteiger partial charge in [0, 0.05) is 25.4 Å².